The lowest BCUT2D eigenvalue weighted by atomic mass is 10.0. The average molecular weight is 212 g/mol. The third-order valence-corrected chi connectivity index (χ3v) is 2.91. The van der Waals surface area contributed by atoms with E-state index in [-0.39, 0.29) is 0 Å². The van der Waals surface area contributed by atoms with Gasteiger partial charge < -0.3 is 9.84 Å². The Morgan fingerprint density at radius 1 is 0.938 bits per heavy atom. The summed E-state index contributed by atoms with van der Waals surface area (Å²) in [7, 11) is 0. The molecular weight excluding hydrogens is 200 g/mol. The van der Waals surface area contributed by atoms with Crippen LogP contribution < -0.4 is 4.74 Å². The fourth-order valence-electron chi connectivity index (χ4n) is 2.13. The number of aromatic hydroxyl groups is 1. The molecule has 16 heavy (non-hydrogen) atoms. The first kappa shape index (κ1) is 9.28. The highest BCUT2D eigenvalue weighted by atomic mass is 16.5. The van der Waals surface area contributed by atoms with E-state index in [4.69, 9.17) is 4.74 Å². The molecule has 0 fully saturated rings. The van der Waals surface area contributed by atoms with Gasteiger partial charge >= 0.3 is 0 Å². The summed E-state index contributed by atoms with van der Waals surface area (Å²) in [6, 6.07) is 13.4. The molecule has 1 aliphatic rings. The van der Waals surface area contributed by atoms with Crippen LogP contribution in [0.3, 0.4) is 0 Å². The molecule has 0 saturated carbocycles. The highest BCUT2D eigenvalue weighted by Gasteiger charge is 2.18. The van der Waals surface area contributed by atoms with Crippen LogP contribution in [0.25, 0.3) is 11.1 Å². The molecule has 0 unspecified atom stereocenters. The van der Waals surface area contributed by atoms with Gasteiger partial charge in [0.15, 0.2) is 0 Å². The maximum Gasteiger partial charge on any atom is 0.130 e. The van der Waals surface area contributed by atoms with Crippen LogP contribution in [0.2, 0.25) is 0 Å². The predicted octanol–water partition coefficient (Wildman–Crippen LogP) is 2.99. The highest BCUT2D eigenvalue weighted by molar-refractivity contribution is 5.77. The molecule has 0 aliphatic carbocycles. The van der Waals surface area contributed by atoms with E-state index in [9.17, 15) is 5.11 Å². The van der Waals surface area contributed by atoms with E-state index >= 15 is 0 Å². The lowest BCUT2D eigenvalue weighted by molar-refractivity contribution is 0.358. The minimum absolute atomic E-state index is 0.298. The van der Waals surface area contributed by atoms with Crippen molar-refractivity contribution in [2.24, 2.45) is 0 Å². The summed E-state index contributed by atoms with van der Waals surface area (Å²) < 4.78 is 5.63. The molecule has 2 heteroatoms. The van der Waals surface area contributed by atoms with E-state index in [1.807, 2.05) is 30.3 Å². The zero-order chi connectivity index (χ0) is 11.0. The standard InChI is InChI=1S/C14H12O2/c15-13-7-2-1-5-11(13)12-6-3-4-10-8-9-16-14(10)12/h1-7,15H,8-9H2. The van der Waals surface area contributed by atoms with Crippen molar-refractivity contribution in [3.63, 3.8) is 0 Å². The molecule has 0 aromatic heterocycles. The van der Waals surface area contributed by atoms with Gasteiger partial charge in [-0.2, -0.15) is 0 Å². The van der Waals surface area contributed by atoms with Gasteiger partial charge in [-0.1, -0.05) is 36.4 Å². The molecule has 0 saturated heterocycles. The van der Waals surface area contributed by atoms with Gasteiger partial charge in [0.25, 0.3) is 0 Å². The SMILES string of the molecule is Oc1ccccc1-c1cccc2c1OCC2. The Bertz CT molecular complexity index is 532. The molecule has 0 amide bonds. The molecular formula is C14H12O2. The molecule has 0 atom stereocenters. The van der Waals surface area contributed by atoms with Gasteiger partial charge in [0.2, 0.25) is 0 Å². The van der Waals surface area contributed by atoms with Crippen molar-refractivity contribution in [2.75, 3.05) is 6.61 Å². The number of hydrogen-bond acceptors (Lipinski definition) is 2. The molecule has 0 radical (unpaired) electrons. The minimum atomic E-state index is 0.298. The third-order valence-electron chi connectivity index (χ3n) is 2.91. The van der Waals surface area contributed by atoms with Crippen LogP contribution in [0, 0.1) is 0 Å². The molecule has 0 bridgehead atoms. The Kier molecular flexibility index (Phi) is 2.07. The normalized spacial score (nSPS) is 13.2. The smallest absolute Gasteiger partial charge is 0.130 e. The number of para-hydroxylation sites is 2. The molecule has 1 heterocycles. The maximum atomic E-state index is 9.84. The monoisotopic (exact) mass is 212 g/mol. The summed E-state index contributed by atoms with van der Waals surface area (Å²) in [5, 5.41) is 9.84. The zero-order valence-electron chi connectivity index (χ0n) is 8.81. The first-order chi connectivity index (χ1) is 7.86. The van der Waals surface area contributed by atoms with Crippen molar-refractivity contribution in [3.05, 3.63) is 48.0 Å². The predicted molar refractivity (Wildman–Crippen MR) is 62.7 cm³/mol. The number of rotatable bonds is 1. The van der Waals surface area contributed by atoms with Crippen molar-refractivity contribution in [1.82, 2.24) is 0 Å². The lowest BCUT2D eigenvalue weighted by Gasteiger charge is -2.09. The van der Waals surface area contributed by atoms with Gasteiger partial charge in [-0.25, -0.2) is 0 Å². The van der Waals surface area contributed by atoms with Crippen LogP contribution in [0.4, 0.5) is 0 Å². The molecule has 1 N–H and O–H groups in total. The van der Waals surface area contributed by atoms with Crippen LogP contribution in [0.15, 0.2) is 42.5 Å². The molecule has 2 nitrogen and oxygen atoms in total. The second kappa shape index (κ2) is 3.56. The number of hydrogen-bond donors (Lipinski definition) is 1. The Morgan fingerprint density at radius 3 is 2.62 bits per heavy atom. The van der Waals surface area contributed by atoms with Crippen molar-refractivity contribution in [3.8, 4) is 22.6 Å². The van der Waals surface area contributed by atoms with Crippen molar-refractivity contribution in [2.45, 2.75) is 6.42 Å². The van der Waals surface area contributed by atoms with Crippen molar-refractivity contribution >= 4 is 0 Å². The topological polar surface area (TPSA) is 29.5 Å². The Hall–Kier alpha value is -1.96. The van der Waals surface area contributed by atoms with Gasteiger partial charge in [0.05, 0.1) is 6.61 Å². The fraction of sp³-hybridized carbons (Fsp3) is 0.143. The van der Waals surface area contributed by atoms with Crippen LogP contribution in [-0.2, 0) is 6.42 Å². The molecule has 2 aromatic carbocycles. The largest absolute Gasteiger partial charge is 0.507 e. The summed E-state index contributed by atoms with van der Waals surface area (Å²) >= 11 is 0. The fourth-order valence-corrected chi connectivity index (χ4v) is 2.13. The van der Waals surface area contributed by atoms with E-state index in [1.54, 1.807) is 6.07 Å². The van der Waals surface area contributed by atoms with Gasteiger partial charge in [-0.05, 0) is 11.6 Å². The van der Waals surface area contributed by atoms with Crippen LogP contribution >= 0.6 is 0 Å². The van der Waals surface area contributed by atoms with E-state index in [0.29, 0.717) is 5.75 Å². The number of ether oxygens (including phenoxy) is 1. The van der Waals surface area contributed by atoms with E-state index < -0.39 is 0 Å². The number of fused-ring (bicyclic) bond motifs is 1. The van der Waals surface area contributed by atoms with E-state index in [2.05, 4.69) is 6.07 Å². The first-order valence-corrected chi connectivity index (χ1v) is 5.39. The quantitative estimate of drug-likeness (QED) is 0.787. The summed E-state index contributed by atoms with van der Waals surface area (Å²) in [6.45, 7) is 0.736. The second-order valence-corrected chi connectivity index (χ2v) is 3.91. The Morgan fingerprint density at radius 2 is 1.75 bits per heavy atom. The molecule has 1 aliphatic heterocycles. The van der Waals surface area contributed by atoms with Gasteiger partial charge in [0.1, 0.15) is 11.5 Å². The summed E-state index contributed by atoms with van der Waals surface area (Å²) in [6.07, 6.45) is 0.955. The third kappa shape index (κ3) is 1.34. The number of phenolic OH excluding ortho intramolecular Hbond substituents is 1. The molecule has 2 aromatic rings. The van der Waals surface area contributed by atoms with Crippen LogP contribution in [-0.4, -0.2) is 11.7 Å². The molecule has 3 rings (SSSR count). The lowest BCUT2D eigenvalue weighted by Crippen LogP contribution is -1.88. The first-order valence-electron chi connectivity index (χ1n) is 5.39. The van der Waals surface area contributed by atoms with Crippen LogP contribution in [0.1, 0.15) is 5.56 Å². The minimum Gasteiger partial charge on any atom is -0.507 e. The van der Waals surface area contributed by atoms with E-state index in [0.717, 1.165) is 29.9 Å². The summed E-state index contributed by atoms with van der Waals surface area (Å²) in [5.74, 6) is 1.22. The molecule has 0 spiro atoms. The van der Waals surface area contributed by atoms with Gasteiger partial charge in [0, 0.05) is 17.5 Å². The second-order valence-electron chi connectivity index (χ2n) is 3.91. The summed E-state index contributed by atoms with van der Waals surface area (Å²) in [5.41, 5.74) is 3.04. The summed E-state index contributed by atoms with van der Waals surface area (Å²) in [4.78, 5) is 0. The average Bonchev–Trinajstić information content (AvgIpc) is 2.77. The van der Waals surface area contributed by atoms with Crippen LogP contribution in [0.5, 0.6) is 11.5 Å². The maximum absolute atomic E-state index is 9.84. The van der Waals surface area contributed by atoms with Gasteiger partial charge in [-0.3, -0.25) is 0 Å². The van der Waals surface area contributed by atoms with E-state index in [1.165, 1.54) is 5.56 Å². The Labute approximate surface area is 94.1 Å². The number of phenols is 1. The van der Waals surface area contributed by atoms with Crippen molar-refractivity contribution in [1.29, 1.82) is 0 Å². The highest BCUT2D eigenvalue weighted by Crippen LogP contribution is 2.39. The number of benzene rings is 2. The van der Waals surface area contributed by atoms with Crippen molar-refractivity contribution < 1.29 is 9.84 Å². The molecule has 80 valence electrons. The van der Waals surface area contributed by atoms with Gasteiger partial charge in [-0.15, -0.1) is 0 Å². The zero-order valence-corrected chi connectivity index (χ0v) is 8.81. The Balaban J connectivity index is 2.21.